The molecule has 2 aromatic rings. The number of nitrogens with one attached hydrogen (secondary N) is 2. The average molecular weight is 396 g/mol. The van der Waals surface area contributed by atoms with E-state index in [9.17, 15) is 9.59 Å². The van der Waals surface area contributed by atoms with Crippen molar-refractivity contribution in [3.63, 3.8) is 0 Å². The Balaban J connectivity index is 1.44. The maximum absolute atomic E-state index is 12.6. The number of ether oxygens (including phenoxy) is 1. The highest BCUT2D eigenvalue weighted by Crippen LogP contribution is 2.16. The molecule has 0 unspecified atom stereocenters. The first-order valence-corrected chi connectivity index (χ1v) is 10.2. The number of hydrogen-bond donors (Lipinski definition) is 2. The molecule has 1 saturated heterocycles. The minimum Gasteiger partial charge on any atom is -0.497 e. The third-order valence-electron chi connectivity index (χ3n) is 5.14. The van der Waals surface area contributed by atoms with E-state index in [0.29, 0.717) is 17.8 Å². The number of urea groups is 1. The molecule has 2 aromatic carbocycles. The van der Waals surface area contributed by atoms with Crippen molar-refractivity contribution in [3.8, 4) is 5.75 Å². The second-order valence-corrected chi connectivity index (χ2v) is 7.26. The number of rotatable bonds is 6. The number of carbonyl (C=O) groups is 2. The van der Waals surface area contributed by atoms with E-state index < -0.39 is 0 Å². The van der Waals surface area contributed by atoms with Crippen LogP contribution in [0.1, 0.15) is 41.6 Å². The summed E-state index contributed by atoms with van der Waals surface area (Å²) in [6, 6.07) is 14.6. The molecular weight excluding hydrogens is 366 g/mol. The van der Waals surface area contributed by atoms with Crippen molar-refractivity contribution in [2.24, 2.45) is 0 Å². The average Bonchev–Trinajstić information content (AvgIpc) is 3.04. The molecular formula is C23H29N3O3. The Bertz CT molecular complexity index is 795. The zero-order valence-corrected chi connectivity index (χ0v) is 16.9. The monoisotopic (exact) mass is 395 g/mol. The van der Waals surface area contributed by atoms with Crippen LogP contribution in [0.3, 0.4) is 0 Å². The van der Waals surface area contributed by atoms with Gasteiger partial charge in [0.15, 0.2) is 0 Å². The largest absolute Gasteiger partial charge is 0.497 e. The number of amides is 3. The third kappa shape index (κ3) is 6.24. The lowest BCUT2D eigenvalue weighted by atomic mass is 10.1. The Kier molecular flexibility index (Phi) is 7.50. The van der Waals surface area contributed by atoms with Crippen molar-refractivity contribution >= 4 is 17.6 Å². The molecule has 0 radical (unpaired) electrons. The molecule has 1 fully saturated rings. The van der Waals surface area contributed by atoms with E-state index in [2.05, 4.69) is 10.6 Å². The highest BCUT2D eigenvalue weighted by atomic mass is 16.5. The molecule has 1 heterocycles. The maximum Gasteiger partial charge on any atom is 0.319 e. The molecule has 3 amide bonds. The van der Waals surface area contributed by atoms with Crippen LogP contribution >= 0.6 is 0 Å². The van der Waals surface area contributed by atoms with Crippen molar-refractivity contribution in [1.29, 1.82) is 0 Å². The zero-order valence-electron chi connectivity index (χ0n) is 16.9. The smallest absolute Gasteiger partial charge is 0.319 e. The number of hydrogen-bond acceptors (Lipinski definition) is 3. The Morgan fingerprint density at radius 2 is 1.59 bits per heavy atom. The van der Waals surface area contributed by atoms with Gasteiger partial charge in [-0.3, -0.25) is 4.79 Å². The van der Waals surface area contributed by atoms with E-state index in [4.69, 9.17) is 4.74 Å². The first-order chi connectivity index (χ1) is 14.2. The summed E-state index contributed by atoms with van der Waals surface area (Å²) in [5.41, 5.74) is 2.46. The van der Waals surface area contributed by atoms with Gasteiger partial charge >= 0.3 is 6.03 Å². The number of likely N-dealkylation sites (tertiary alicyclic amines) is 1. The highest BCUT2D eigenvalue weighted by Gasteiger charge is 2.17. The van der Waals surface area contributed by atoms with E-state index in [-0.39, 0.29) is 11.9 Å². The van der Waals surface area contributed by atoms with Gasteiger partial charge in [-0.15, -0.1) is 0 Å². The lowest BCUT2D eigenvalue weighted by molar-refractivity contribution is 0.0761. The van der Waals surface area contributed by atoms with Gasteiger partial charge in [0.2, 0.25) is 0 Å². The van der Waals surface area contributed by atoms with Crippen LogP contribution in [0.5, 0.6) is 5.75 Å². The molecule has 0 spiro atoms. The Labute approximate surface area is 172 Å². The number of nitrogens with zero attached hydrogens (tertiary/aromatic N) is 1. The van der Waals surface area contributed by atoms with Crippen LogP contribution < -0.4 is 15.4 Å². The molecule has 0 saturated carbocycles. The van der Waals surface area contributed by atoms with E-state index >= 15 is 0 Å². The summed E-state index contributed by atoms with van der Waals surface area (Å²) in [5, 5.41) is 5.65. The highest BCUT2D eigenvalue weighted by molar-refractivity contribution is 5.95. The van der Waals surface area contributed by atoms with Gasteiger partial charge in [0.1, 0.15) is 5.75 Å². The molecule has 154 valence electrons. The molecule has 29 heavy (non-hydrogen) atoms. The maximum atomic E-state index is 12.6. The molecule has 1 aliphatic rings. The van der Waals surface area contributed by atoms with Crippen molar-refractivity contribution in [2.75, 3.05) is 32.1 Å². The van der Waals surface area contributed by atoms with Crippen molar-refractivity contribution < 1.29 is 14.3 Å². The fraction of sp³-hybridized carbons (Fsp3) is 0.391. The fourth-order valence-electron chi connectivity index (χ4n) is 3.44. The van der Waals surface area contributed by atoms with Gasteiger partial charge in [0.05, 0.1) is 7.11 Å². The van der Waals surface area contributed by atoms with Crippen molar-refractivity contribution in [3.05, 3.63) is 59.7 Å². The van der Waals surface area contributed by atoms with Gasteiger partial charge in [0.25, 0.3) is 5.91 Å². The zero-order chi connectivity index (χ0) is 20.5. The lowest BCUT2D eigenvalue weighted by Crippen LogP contribution is -2.32. The third-order valence-corrected chi connectivity index (χ3v) is 5.14. The molecule has 3 rings (SSSR count). The second-order valence-electron chi connectivity index (χ2n) is 7.26. The van der Waals surface area contributed by atoms with Gasteiger partial charge in [-0.25, -0.2) is 4.79 Å². The van der Waals surface area contributed by atoms with Gasteiger partial charge in [0, 0.05) is 30.9 Å². The van der Waals surface area contributed by atoms with Crippen LogP contribution in [0, 0.1) is 0 Å². The summed E-state index contributed by atoms with van der Waals surface area (Å²) >= 11 is 0. The molecule has 0 atom stereocenters. The van der Waals surface area contributed by atoms with E-state index in [0.717, 1.165) is 43.7 Å². The lowest BCUT2D eigenvalue weighted by Gasteiger charge is -2.20. The molecule has 0 bridgehead atoms. The molecule has 6 heteroatoms. The molecule has 2 N–H and O–H groups in total. The molecule has 0 aromatic heterocycles. The Morgan fingerprint density at radius 1 is 0.931 bits per heavy atom. The van der Waals surface area contributed by atoms with Crippen LogP contribution in [0.25, 0.3) is 0 Å². The number of carbonyl (C=O) groups excluding carboxylic acids is 2. The predicted molar refractivity (Wildman–Crippen MR) is 115 cm³/mol. The summed E-state index contributed by atoms with van der Waals surface area (Å²) in [6.07, 6.45) is 5.27. The summed E-state index contributed by atoms with van der Waals surface area (Å²) in [4.78, 5) is 26.6. The van der Waals surface area contributed by atoms with Gasteiger partial charge in [-0.1, -0.05) is 25.0 Å². The first-order valence-electron chi connectivity index (χ1n) is 10.2. The molecule has 0 aliphatic carbocycles. The number of anilines is 1. The summed E-state index contributed by atoms with van der Waals surface area (Å²) in [5.74, 6) is 0.889. The fourth-order valence-corrected chi connectivity index (χ4v) is 3.44. The van der Waals surface area contributed by atoms with Gasteiger partial charge in [-0.05, 0) is 61.2 Å². The van der Waals surface area contributed by atoms with Crippen molar-refractivity contribution in [1.82, 2.24) is 10.2 Å². The van der Waals surface area contributed by atoms with E-state index in [1.54, 1.807) is 31.4 Å². The normalized spacial score (nSPS) is 14.0. The summed E-state index contributed by atoms with van der Waals surface area (Å²) < 4.78 is 5.14. The van der Waals surface area contributed by atoms with Crippen molar-refractivity contribution in [2.45, 2.75) is 32.1 Å². The predicted octanol–water partition coefficient (Wildman–Crippen LogP) is 4.08. The van der Waals surface area contributed by atoms with Gasteiger partial charge in [-0.2, -0.15) is 0 Å². The summed E-state index contributed by atoms with van der Waals surface area (Å²) in [7, 11) is 1.64. The minimum absolute atomic E-state index is 0.0717. The number of benzene rings is 2. The quantitative estimate of drug-likeness (QED) is 0.774. The SMILES string of the molecule is COc1ccc(CCNC(=O)Nc2ccc(C(=O)N3CCCCCC3)cc2)cc1. The Morgan fingerprint density at radius 3 is 2.21 bits per heavy atom. The second kappa shape index (κ2) is 10.5. The standard InChI is InChI=1S/C23H29N3O3/c1-29-21-12-6-18(7-13-21)14-15-24-23(28)25-20-10-8-19(9-11-20)22(27)26-16-4-2-3-5-17-26/h6-13H,2-5,14-17H2,1H3,(H2,24,25,28). The van der Waals surface area contributed by atoms with E-state index in [1.165, 1.54) is 12.8 Å². The van der Waals surface area contributed by atoms with Crippen LogP contribution in [0.4, 0.5) is 10.5 Å². The molecule has 1 aliphatic heterocycles. The number of methoxy groups -OCH3 is 1. The first kappa shape index (κ1) is 20.7. The van der Waals surface area contributed by atoms with Crippen LogP contribution in [0.15, 0.2) is 48.5 Å². The van der Waals surface area contributed by atoms with Crippen LogP contribution in [-0.2, 0) is 6.42 Å². The molecule has 6 nitrogen and oxygen atoms in total. The minimum atomic E-state index is -0.259. The van der Waals surface area contributed by atoms with Crippen LogP contribution in [0.2, 0.25) is 0 Å². The Hall–Kier alpha value is -3.02. The summed E-state index contributed by atoms with van der Waals surface area (Å²) in [6.45, 7) is 2.19. The van der Waals surface area contributed by atoms with E-state index in [1.807, 2.05) is 29.2 Å². The topological polar surface area (TPSA) is 70.7 Å². The van der Waals surface area contributed by atoms with Crippen LogP contribution in [-0.4, -0.2) is 43.6 Å². The van der Waals surface area contributed by atoms with Gasteiger partial charge < -0.3 is 20.3 Å².